The van der Waals surface area contributed by atoms with E-state index in [0.717, 1.165) is 22.7 Å². The van der Waals surface area contributed by atoms with E-state index in [0.29, 0.717) is 19.1 Å². The van der Waals surface area contributed by atoms with Crippen LogP contribution in [0, 0.1) is 5.92 Å². The number of hydrogen-bond donors (Lipinski definition) is 0. The summed E-state index contributed by atoms with van der Waals surface area (Å²) in [6.45, 7) is 8.62. The zero-order chi connectivity index (χ0) is 14.5. The van der Waals surface area contributed by atoms with Crippen LogP contribution in [0.15, 0.2) is 34.9 Å². The second-order valence-electron chi connectivity index (χ2n) is 5.18. The van der Waals surface area contributed by atoms with Crippen molar-refractivity contribution in [3.63, 3.8) is 0 Å². The second-order valence-corrected chi connectivity index (χ2v) is 5.93. The molecule has 0 spiro atoms. The Morgan fingerprint density at radius 3 is 2.55 bits per heavy atom. The van der Waals surface area contributed by atoms with Crippen LogP contribution in [-0.2, 0) is 17.9 Å². The lowest BCUT2D eigenvalue weighted by molar-refractivity contribution is 0.125. The van der Waals surface area contributed by atoms with E-state index >= 15 is 0 Å². The van der Waals surface area contributed by atoms with Crippen LogP contribution in [-0.4, -0.2) is 16.2 Å². The van der Waals surface area contributed by atoms with E-state index in [9.17, 15) is 0 Å². The summed E-state index contributed by atoms with van der Waals surface area (Å²) in [7, 11) is 0. The van der Waals surface area contributed by atoms with Gasteiger partial charge in [0.2, 0.25) is 0 Å². The lowest BCUT2D eigenvalue weighted by atomic mass is 10.1. The molecule has 0 atom stereocenters. The van der Waals surface area contributed by atoms with Gasteiger partial charge >= 0.3 is 0 Å². The minimum absolute atomic E-state index is 0.550. The Morgan fingerprint density at radius 2 is 1.95 bits per heavy atom. The highest BCUT2D eigenvalue weighted by atomic mass is 79.9. The Bertz CT molecular complexity index is 549. The van der Waals surface area contributed by atoms with Gasteiger partial charge in [0, 0.05) is 18.7 Å². The van der Waals surface area contributed by atoms with Crippen molar-refractivity contribution in [2.45, 2.75) is 33.9 Å². The first-order valence-electron chi connectivity index (χ1n) is 7.01. The maximum Gasteiger partial charge on any atom is 0.136 e. The number of rotatable bonds is 6. The summed E-state index contributed by atoms with van der Waals surface area (Å²) in [6, 6.07) is 10.4. The molecule has 2 aromatic rings. The van der Waals surface area contributed by atoms with Crippen LogP contribution >= 0.6 is 15.9 Å². The first-order valence-corrected chi connectivity index (χ1v) is 7.80. The van der Waals surface area contributed by atoms with E-state index in [1.807, 2.05) is 13.0 Å². The zero-order valence-corrected chi connectivity index (χ0v) is 13.9. The molecule has 0 fully saturated rings. The second kappa shape index (κ2) is 7.04. The predicted octanol–water partition coefficient (Wildman–Crippen LogP) is 4.51. The third kappa shape index (κ3) is 3.49. The van der Waals surface area contributed by atoms with Gasteiger partial charge in [0.25, 0.3) is 0 Å². The maximum atomic E-state index is 5.54. The van der Waals surface area contributed by atoms with Crippen LogP contribution < -0.4 is 0 Å². The highest BCUT2D eigenvalue weighted by molar-refractivity contribution is 9.10. The standard InChI is InChI=1S/C16H21BrN2O/c1-4-20-11-14-18-16(17)15(19(14)10-12(2)3)13-8-6-5-7-9-13/h5-9,12H,4,10-11H2,1-3H3. The van der Waals surface area contributed by atoms with Crippen molar-refractivity contribution < 1.29 is 4.74 Å². The summed E-state index contributed by atoms with van der Waals surface area (Å²) in [5.41, 5.74) is 2.31. The van der Waals surface area contributed by atoms with Gasteiger partial charge in [-0.1, -0.05) is 44.2 Å². The molecule has 108 valence electrons. The Morgan fingerprint density at radius 1 is 1.25 bits per heavy atom. The molecule has 0 amide bonds. The van der Waals surface area contributed by atoms with Crippen LogP contribution in [0.4, 0.5) is 0 Å². The lowest BCUT2D eigenvalue weighted by Crippen LogP contribution is -2.11. The van der Waals surface area contributed by atoms with Gasteiger partial charge in [0.1, 0.15) is 17.0 Å². The van der Waals surface area contributed by atoms with E-state index in [2.05, 4.69) is 63.6 Å². The van der Waals surface area contributed by atoms with Gasteiger partial charge in [-0.05, 0) is 28.8 Å². The molecule has 0 aliphatic heterocycles. The third-order valence-electron chi connectivity index (χ3n) is 3.03. The van der Waals surface area contributed by atoms with Crippen LogP contribution in [0.2, 0.25) is 0 Å². The number of imidazole rings is 1. The molecule has 1 aromatic heterocycles. The first-order chi connectivity index (χ1) is 9.63. The summed E-state index contributed by atoms with van der Waals surface area (Å²) in [5, 5.41) is 0. The fourth-order valence-corrected chi connectivity index (χ4v) is 2.85. The van der Waals surface area contributed by atoms with Crippen molar-refractivity contribution in [2.75, 3.05) is 6.61 Å². The minimum atomic E-state index is 0.550. The Hall–Kier alpha value is -1.13. The maximum absolute atomic E-state index is 5.54. The number of halogens is 1. The SMILES string of the molecule is CCOCc1nc(Br)c(-c2ccccc2)n1CC(C)C. The van der Waals surface area contributed by atoms with E-state index in [4.69, 9.17) is 4.74 Å². The fraction of sp³-hybridized carbons (Fsp3) is 0.438. The van der Waals surface area contributed by atoms with Crippen LogP contribution in [0.3, 0.4) is 0 Å². The van der Waals surface area contributed by atoms with Crippen LogP contribution in [0.25, 0.3) is 11.3 Å². The number of benzene rings is 1. The highest BCUT2D eigenvalue weighted by Gasteiger charge is 2.17. The van der Waals surface area contributed by atoms with Crippen molar-refractivity contribution in [2.24, 2.45) is 5.92 Å². The Balaban J connectivity index is 2.46. The average Bonchev–Trinajstić information content (AvgIpc) is 2.73. The van der Waals surface area contributed by atoms with Crippen molar-refractivity contribution in [1.29, 1.82) is 0 Å². The predicted molar refractivity (Wildman–Crippen MR) is 85.5 cm³/mol. The molecule has 1 heterocycles. The molecule has 1 aromatic carbocycles. The summed E-state index contributed by atoms with van der Waals surface area (Å²) < 4.78 is 8.69. The molecule has 0 bridgehead atoms. The summed E-state index contributed by atoms with van der Waals surface area (Å²) in [5.74, 6) is 1.53. The van der Waals surface area contributed by atoms with Crippen LogP contribution in [0.5, 0.6) is 0 Å². The molecule has 0 radical (unpaired) electrons. The topological polar surface area (TPSA) is 27.1 Å². The summed E-state index contributed by atoms with van der Waals surface area (Å²) in [4.78, 5) is 4.63. The largest absolute Gasteiger partial charge is 0.374 e. The molecule has 0 N–H and O–H groups in total. The van der Waals surface area contributed by atoms with Gasteiger partial charge in [-0.3, -0.25) is 0 Å². The third-order valence-corrected chi connectivity index (χ3v) is 3.59. The molecular weight excluding hydrogens is 316 g/mol. The van der Waals surface area contributed by atoms with E-state index in [1.165, 1.54) is 5.56 Å². The monoisotopic (exact) mass is 336 g/mol. The van der Waals surface area contributed by atoms with E-state index < -0.39 is 0 Å². The van der Waals surface area contributed by atoms with Gasteiger partial charge in [-0.25, -0.2) is 4.98 Å². The molecule has 4 heteroatoms. The minimum Gasteiger partial charge on any atom is -0.374 e. The Labute approximate surface area is 129 Å². The average molecular weight is 337 g/mol. The van der Waals surface area contributed by atoms with Gasteiger partial charge < -0.3 is 9.30 Å². The van der Waals surface area contributed by atoms with Crippen molar-refractivity contribution >= 4 is 15.9 Å². The molecule has 2 rings (SSSR count). The van der Waals surface area contributed by atoms with Crippen molar-refractivity contribution in [3.05, 3.63) is 40.8 Å². The molecule has 0 saturated carbocycles. The Kier molecular flexibility index (Phi) is 5.38. The number of aromatic nitrogens is 2. The summed E-state index contributed by atoms with van der Waals surface area (Å²) >= 11 is 3.60. The molecule has 0 aliphatic rings. The van der Waals surface area contributed by atoms with Crippen LogP contribution in [0.1, 0.15) is 26.6 Å². The summed E-state index contributed by atoms with van der Waals surface area (Å²) in [6.07, 6.45) is 0. The van der Waals surface area contributed by atoms with Crippen molar-refractivity contribution in [3.8, 4) is 11.3 Å². The quantitative estimate of drug-likeness (QED) is 0.776. The smallest absolute Gasteiger partial charge is 0.136 e. The number of ether oxygens (including phenoxy) is 1. The molecule has 3 nitrogen and oxygen atoms in total. The number of nitrogens with zero attached hydrogens (tertiary/aromatic N) is 2. The molecule has 0 aliphatic carbocycles. The zero-order valence-electron chi connectivity index (χ0n) is 12.3. The molecule has 0 saturated heterocycles. The van der Waals surface area contributed by atoms with E-state index in [-0.39, 0.29) is 0 Å². The van der Waals surface area contributed by atoms with Gasteiger partial charge in [0.05, 0.1) is 5.69 Å². The fourth-order valence-electron chi connectivity index (χ4n) is 2.20. The van der Waals surface area contributed by atoms with Crippen molar-refractivity contribution in [1.82, 2.24) is 9.55 Å². The normalized spacial score (nSPS) is 11.2. The van der Waals surface area contributed by atoms with E-state index in [1.54, 1.807) is 0 Å². The number of hydrogen-bond acceptors (Lipinski definition) is 2. The highest BCUT2D eigenvalue weighted by Crippen LogP contribution is 2.30. The molecule has 0 unspecified atom stereocenters. The van der Waals surface area contributed by atoms with Gasteiger partial charge in [-0.2, -0.15) is 0 Å². The van der Waals surface area contributed by atoms with Gasteiger partial charge in [-0.15, -0.1) is 0 Å². The molecular formula is C16H21BrN2O. The first kappa shape index (κ1) is 15.3. The lowest BCUT2D eigenvalue weighted by Gasteiger charge is -2.14. The molecule has 20 heavy (non-hydrogen) atoms. The van der Waals surface area contributed by atoms with Gasteiger partial charge in [0.15, 0.2) is 0 Å².